The molecule has 26 heavy (non-hydrogen) atoms. The van der Waals surface area contributed by atoms with Crippen LogP contribution in [0.1, 0.15) is 43.1 Å². The molecule has 2 fully saturated rings. The number of hydrogen-bond acceptors (Lipinski definition) is 6. The van der Waals surface area contributed by atoms with Crippen molar-refractivity contribution < 1.29 is 14.1 Å². The van der Waals surface area contributed by atoms with E-state index in [-0.39, 0.29) is 23.8 Å². The van der Waals surface area contributed by atoms with Crippen LogP contribution in [0.4, 0.5) is 0 Å². The van der Waals surface area contributed by atoms with Crippen LogP contribution < -0.4 is 5.32 Å². The number of pyridine rings is 1. The highest BCUT2D eigenvalue weighted by Crippen LogP contribution is 2.28. The lowest BCUT2D eigenvalue weighted by Gasteiger charge is -2.32. The van der Waals surface area contributed by atoms with Crippen LogP contribution in [0.2, 0.25) is 0 Å². The van der Waals surface area contributed by atoms with Gasteiger partial charge in [-0.1, -0.05) is 5.16 Å². The van der Waals surface area contributed by atoms with Crippen molar-refractivity contribution in [1.82, 2.24) is 25.3 Å². The molecular formula is C18H21N5O3. The Morgan fingerprint density at radius 3 is 2.73 bits per heavy atom. The van der Waals surface area contributed by atoms with E-state index in [1.54, 1.807) is 6.20 Å². The van der Waals surface area contributed by atoms with Crippen molar-refractivity contribution >= 4 is 11.8 Å². The van der Waals surface area contributed by atoms with Crippen LogP contribution in [0.25, 0.3) is 11.5 Å². The predicted octanol–water partition coefficient (Wildman–Crippen LogP) is 1.42. The zero-order valence-corrected chi connectivity index (χ0v) is 14.6. The lowest BCUT2D eigenvalue weighted by molar-refractivity contribution is -0.135. The summed E-state index contributed by atoms with van der Waals surface area (Å²) in [6.45, 7) is 3.22. The molecule has 4 rings (SSSR count). The third-order valence-electron chi connectivity index (χ3n) is 5.07. The highest BCUT2D eigenvalue weighted by atomic mass is 16.5. The molecule has 0 saturated carbocycles. The van der Waals surface area contributed by atoms with Gasteiger partial charge in [-0.05, 0) is 38.3 Å². The summed E-state index contributed by atoms with van der Waals surface area (Å²) in [7, 11) is 0. The maximum absolute atomic E-state index is 12.5. The van der Waals surface area contributed by atoms with Crippen LogP contribution in [0.5, 0.6) is 0 Å². The Morgan fingerprint density at radius 1 is 1.27 bits per heavy atom. The van der Waals surface area contributed by atoms with E-state index in [0.717, 1.165) is 24.1 Å². The first-order chi connectivity index (χ1) is 12.6. The van der Waals surface area contributed by atoms with Gasteiger partial charge < -0.3 is 14.7 Å². The van der Waals surface area contributed by atoms with Gasteiger partial charge in [0.1, 0.15) is 6.04 Å². The number of amides is 2. The van der Waals surface area contributed by atoms with Crippen molar-refractivity contribution in [2.24, 2.45) is 0 Å². The smallest absolute Gasteiger partial charge is 0.259 e. The zero-order valence-electron chi connectivity index (χ0n) is 14.6. The summed E-state index contributed by atoms with van der Waals surface area (Å²) in [6, 6.07) is 3.46. The minimum Gasteiger partial charge on any atom is -0.344 e. The Balaban J connectivity index is 1.37. The van der Waals surface area contributed by atoms with Crippen LogP contribution in [-0.2, 0) is 9.59 Å². The van der Waals surface area contributed by atoms with Crippen molar-refractivity contribution in [3.05, 3.63) is 29.8 Å². The Kier molecular flexibility index (Phi) is 4.40. The van der Waals surface area contributed by atoms with Crippen LogP contribution in [-0.4, -0.2) is 51.0 Å². The van der Waals surface area contributed by atoms with E-state index in [4.69, 9.17) is 4.52 Å². The summed E-state index contributed by atoms with van der Waals surface area (Å²) in [5, 5.41) is 6.87. The van der Waals surface area contributed by atoms with E-state index in [2.05, 4.69) is 20.4 Å². The standard InChI is InChI=1S/C18H21N5O3/c1-11-2-3-13(10-19-11)17-21-16(22-26-17)12-6-8-23(9-7-12)18(25)14-4-5-15(24)20-14/h2-3,10,12,14H,4-9H2,1H3,(H,20,24)/t14-/m0/s1. The molecule has 4 heterocycles. The number of piperidine rings is 1. The fraction of sp³-hybridized carbons (Fsp3) is 0.500. The van der Waals surface area contributed by atoms with E-state index < -0.39 is 0 Å². The minimum absolute atomic E-state index is 0.0221. The molecule has 2 aromatic rings. The lowest BCUT2D eigenvalue weighted by atomic mass is 9.95. The van der Waals surface area contributed by atoms with E-state index in [1.165, 1.54) is 0 Å². The number of carbonyl (C=O) groups is 2. The summed E-state index contributed by atoms with van der Waals surface area (Å²) in [5.41, 5.74) is 1.74. The van der Waals surface area contributed by atoms with Gasteiger partial charge in [-0.3, -0.25) is 14.6 Å². The Morgan fingerprint density at radius 2 is 2.08 bits per heavy atom. The monoisotopic (exact) mass is 355 g/mol. The molecule has 1 N–H and O–H groups in total. The maximum Gasteiger partial charge on any atom is 0.259 e. The molecule has 2 aliphatic heterocycles. The number of likely N-dealkylation sites (tertiary alicyclic amines) is 1. The summed E-state index contributed by atoms with van der Waals surface area (Å²) in [6.07, 6.45) is 4.33. The quantitative estimate of drug-likeness (QED) is 0.894. The molecule has 2 aromatic heterocycles. The topological polar surface area (TPSA) is 101 Å². The Hall–Kier alpha value is -2.77. The van der Waals surface area contributed by atoms with Gasteiger partial charge in [-0.15, -0.1) is 0 Å². The Bertz CT molecular complexity index is 808. The molecule has 2 amide bonds. The molecule has 0 aromatic carbocycles. The van der Waals surface area contributed by atoms with Gasteiger partial charge in [0.25, 0.3) is 5.89 Å². The highest BCUT2D eigenvalue weighted by molar-refractivity contribution is 5.90. The maximum atomic E-state index is 12.5. The number of hydrogen-bond donors (Lipinski definition) is 1. The fourth-order valence-corrected chi connectivity index (χ4v) is 3.49. The van der Waals surface area contributed by atoms with Crippen molar-refractivity contribution in [1.29, 1.82) is 0 Å². The Labute approximate surface area is 151 Å². The first-order valence-corrected chi connectivity index (χ1v) is 8.95. The number of nitrogens with zero attached hydrogens (tertiary/aromatic N) is 4. The van der Waals surface area contributed by atoms with Crippen LogP contribution in [0.3, 0.4) is 0 Å². The van der Waals surface area contributed by atoms with Gasteiger partial charge in [-0.2, -0.15) is 4.98 Å². The average molecular weight is 355 g/mol. The number of nitrogens with one attached hydrogen (secondary N) is 1. The minimum atomic E-state index is -0.357. The molecule has 2 aliphatic rings. The summed E-state index contributed by atoms with van der Waals surface area (Å²) >= 11 is 0. The van der Waals surface area contributed by atoms with E-state index in [9.17, 15) is 9.59 Å². The summed E-state index contributed by atoms with van der Waals surface area (Å²) < 4.78 is 5.38. The van der Waals surface area contributed by atoms with Crippen molar-refractivity contribution in [2.45, 2.75) is 44.6 Å². The van der Waals surface area contributed by atoms with Crippen molar-refractivity contribution in [3.8, 4) is 11.5 Å². The number of aryl methyl sites for hydroxylation is 1. The van der Waals surface area contributed by atoms with Gasteiger partial charge in [0.05, 0.1) is 5.56 Å². The third-order valence-corrected chi connectivity index (χ3v) is 5.07. The molecule has 8 nitrogen and oxygen atoms in total. The SMILES string of the molecule is Cc1ccc(-c2nc(C3CCN(C(=O)[C@@H]4CCC(=O)N4)CC3)no2)cn1. The predicted molar refractivity (Wildman–Crippen MR) is 92.0 cm³/mol. The molecule has 0 unspecified atom stereocenters. The normalized spacial score (nSPS) is 21.0. The van der Waals surface area contributed by atoms with E-state index >= 15 is 0 Å². The van der Waals surface area contributed by atoms with Crippen LogP contribution in [0.15, 0.2) is 22.9 Å². The molecule has 0 spiro atoms. The zero-order chi connectivity index (χ0) is 18.1. The summed E-state index contributed by atoms with van der Waals surface area (Å²) in [4.78, 5) is 34.4. The van der Waals surface area contributed by atoms with Crippen LogP contribution in [0, 0.1) is 6.92 Å². The van der Waals surface area contributed by atoms with E-state index in [1.807, 2.05) is 24.0 Å². The van der Waals surface area contributed by atoms with Gasteiger partial charge in [0, 0.05) is 37.3 Å². The van der Waals surface area contributed by atoms with Crippen molar-refractivity contribution in [3.63, 3.8) is 0 Å². The second-order valence-corrected chi connectivity index (χ2v) is 6.90. The number of rotatable bonds is 3. The molecule has 0 aliphatic carbocycles. The number of aromatic nitrogens is 3. The van der Waals surface area contributed by atoms with Crippen LogP contribution >= 0.6 is 0 Å². The second-order valence-electron chi connectivity index (χ2n) is 6.90. The highest BCUT2D eigenvalue weighted by Gasteiger charge is 2.33. The molecule has 2 saturated heterocycles. The molecular weight excluding hydrogens is 334 g/mol. The van der Waals surface area contributed by atoms with Gasteiger partial charge in [0.2, 0.25) is 11.8 Å². The summed E-state index contributed by atoms with van der Waals surface area (Å²) in [5.74, 6) is 1.31. The van der Waals surface area contributed by atoms with Gasteiger partial charge >= 0.3 is 0 Å². The fourth-order valence-electron chi connectivity index (χ4n) is 3.49. The molecule has 8 heteroatoms. The third kappa shape index (κ3) is 3.31. The van der Waals surface area contributed by atoms with Gasteiger partial charge in [0.15, 0.2) is 5.82 Å². The first kappa shape index (κ1) is 16.7. The van der Waals surface area contributed by atoms with E-state index in [0.29, 0.717) is 37.6 Å². The van der Waals surface area contributed by atoms with Gasteiger partial charge in [-0.25, -0.2) is 0 Å². The lowest BCUT2D eigenvalue weighted by Crippen LogP contribution is -2.47. The average Bonchev–Trinajstić information content (AvgIpc) is 3.31. The molecule has 0 radical (unpaired) electrons. The molecule has 1 atom stereocenters. The second kappa shape index (κ2) is 6.86. The molecule has 0 bridgehead atoms. The number of carbonyl (C=O) groups excluding carboxylic acids is 2. The molecule has 136 valence electrons. The largest absolute Gasteiger partial charge is 0.344 e. The van der Waals surface area contributed by atoms with Crippen molar-refractivity contribution in [2.75, 3.05) is 13.1 Å². The first-order valence-electron chi connectivity index (χ1n) is 8.95.